The highest BCUT2D eigenvalue weighted by atomic mass is 32.1. The van der Waals surface area contributed by atoms with E-state index in [0.29, 0.717) is 0 Å². The Morgan fingerprint density at radius 2 is 1.90 bits per heavy atom. The van der Waals surface area contributed by atoms with Crippen molar-refractivity contribution in [3.63, 3.8) is 0 Å². The topological polar surface area (TPSA) is 37.8 Å². The van der Waals surface area contributed by atoms with Gasteiger partial charge in [-0.05, 0) is 29.7 Å². The Bertz CT molecular complexity index is 715. The highest BCUT2D eigenvalue weighted by Gasteiger charge is 2.11. The van der Waals surface area contributed by atoms with Crippen molar-refractivity contribution in [2.75, 3.05) is 5.32 Å². The van der Waals surface area contributed by atoms with Gasteiger partial charge in [-0.2, -0.15) is 0 Å². The van der Waals surface area contributed by atoms with Crippen molar-refractivity contribution in [2.24, 2.45) is 0 Å². The van der Waals surface area contributed by atoms with Crippen LogP contribution in [0.15, 0.2) is 42.5 Å². The van der Waals surface area contributed by atoms with Gasteiger partial charge in [0.1, 0.15) is 5.01 Å². The summed E-state index contributed by atoms with van der Waals surface area (Å²) in [6, 6.07) is 15.1. The Labute approximate surface area is 122 Å². The van der Waals surface area contributed by atoms with E-state index in [0.717, 1.165) is 16.6 Å². The van der Waals surface area contributed by atoms with E-state index in [4.69, 9.17) is 0 Å². The Hall–Kier alpha value is -1.94. The van der Waals surface area contributed by atoms with Crippen molar-refractivity contribution in [1.82, 2.24) is 10.2 Å². The molecule has 1 heterocycles. The number of fused-ring (bicyclic) bond motifs is 1. The maximum Gasteiger partial charge on any atom is 0.206 e. The van der Waals surface area contributed by atoms with E-state index in [1.807, 2.05) is 0 Å². The molecule has 4 heteroatoms. The smallest absolute Gasteiger partial charge is 0.206 e. The molecular formula is C16H17N3S. The van der Waals surface area contributed by atoms with Crippen molar-refractivity contribution in [1.29, 1.82) is 0 Å². The summed E-state index contributed by atoms with van der Waals surface area (Å²) in [5, 5.41) is 16.3. The largest absolute Gasteiger partial charge is 0.354 e. The summed E-state index contributed by atoms with van der Waals surface area (Å²) < 4.78 is 0. The minimum atomic E-state index is 0.207. The number of hydrogen-bond donors (Lipinski definition) is 1. The molecule has 1 atom stereocenters. The second-order valence-electron chi connectivity index (χ2n) is 4.79. The summed E-state index contributed by atoms with van der Waals surface area (Å²) in [6.07, 6.45) is 0.933. The van der Waals surface area contributed by atoms with Gasteiger partial charge in [-0.1, -0.05) is 60.7 Å². The minimum absolute atomic E-state index is 0.207. The number of nitrogens with zero attached hydrogens (tertiary/aromatic N) is 2. The predicted molar refractivity (Wildman–Crippen MR) is 85.3 cm³/mol. The summed E-state index contributed by atoms with van der Waals surface area (Å²) in [7, 11) is 0. The monoisotopic (exact) mass is 283 g/mol. The van der Waals surface area contributed by atoms with Gasteiger partial charge in [0.2, 0.25) is 5.13 Å². The summed E-state index contributed by atoms with van der Waals surface area (Å²) in [5.41, 5.74) is 1.29. The fraction of sp³-hybridized carbons (Fsp3) is 0.250. The molecule has 3 aromatic rings. The zero-order chi connectivity index (χ0) is 13.9. The van der Waals surface area contributed by atoms with Crippen LogP contribution in [0.4, 0.5) is 5.13 Å². The third-order valence-corrected chi connectivity index (χ3v) is 4.40. The molecule has 1 unspecified atom stereocenters. The molecule has 0 bridgehead atoms. The first-order valence-corrected chi connectivity index (χ1v) is 7.66. The van der Waals surface area contributed by atoms with E-state index in [-0.39, 0.29) is 6.04 Å². The Balaban J connectivity index is 1.90. The molecule has 2 aromatic carbocycles. The molecule has 0 aliphatic carbocycles. The lowest BCUT2D eigenvalue weighted by atomic mass is 10.00. The van der Waals surface area contributed by atoms with E-state index in [1.54, 1.807) is 11.3 Å². The lowest BCUT2D eigenvalue weighted by molar-refractivity contribution is 0.878. The first kappa shape index (κ1) is 13.1. The normalized spacial score (nSPS) is 12.5. The summed E-state index contributed by atoms with van der Waals surface area (Å²) in [6.45, 7) is 4.26. The Kier molecular flexibility index (Phi) is 3.65. The number of aromatic nitrogens is 2. The van der Waals surface area contributed by atoms with Crippen LogP contribution in [0.25, 0.3) is 10.8 Å². The predicted octanol–water partition coefficient (Wildman–Crippen LogP) is 4.43. The zero-order valence-electron chi connectivity index (χ0n) is 11.6. The van der Waals surface area contributed by atoms with Crippen molar-refractivity contribution in [3.05, 3.63) is 53.0 Å². The molecule has 0 fully saturated rings. The summed E-state index contributed by atoms with van der Waals surface area (Å²) in [4.78, 5) is 0. The van der Waals surface area contributed by atoms with Crippen molar-refractivity contribution in [3.8, 4) is 0 Å². The molecule has 0 saturated heterocycles. The van der Waals surface area contributed by atoms with Gasteiger partial charge in [0.05, 0.1) is 6.04 Å². The van der Waals surface area contributed by atoms with Gasteiger partial charge in [-0.15, -0.1) is 10.2 Å². The number of hydrogen-bond acceptors (Lipinski definition) is 4. The van der Waals surface area contributed by atoms with Crippen LogP contribution < -0.4 is 5.32 Å². The molecule has 3 rings (SSSR count). The van der Waals surface area contributed by atoms with Gasteiger partial charge in [0.25, 0.3) is 0 Å². The maximum atomic E-state index is 4.19. The molecule has 1 N–H and O–H groups in total. The number of nitrogens with one attached hydrogen (secondary N) is 1. The molecular weight excluding hydrogens is 266 g/mol. The van der Waals surface area contributed by atoms with Crippen LogP contribution in [0, 0.1) is 0 Å². The third kappa shape index (κ3) is 2.51. The van der Waals surface area contributed by atoms with Gasteiger partial charge in [-0.25, -0.2) is 0 Å². The number of benzene rings is 2. The van der Waals surface area contributed by atoms with Crippen LogP contribution in [-0.2, 0) is 6.42 Å². The van der Waals surface area contributed by atoms with E-state index >= 15 is 0 Å². The zero-order valence-corrected chi connectivity index (χ0v) is 12.4. The molecule has 0 aliphatic heterocycles. The lowest BCUT2D eigenvalue weighted by Gasteiger charge is -2.15. The Morgan fingerprint density at radius 3 is 2.70 bits per heavy atom. The quantitative estimate of drug-likeness (QED) is 0.770. The van der Waals surface area contributed by atoms with Gasteiger partial charge in [0, 0.05) is 0 Å². The molecule has 0 amide bonds. The second kappa shape index (κ2) is 5.59. The standard InChI is InChI=1S/C16H17N3S/c1-3-15-18-19-16(20-15)17-11(2)13-10-6-8-12-7-4-5-9-14(12)13/h4-11H,3H2,1-2H3,(H,17,19). The van der Waals surface area contributed by atoms with Gasteiger partial charge >= 0.3 is 0 Å². The Morgan fingerprint density at radius 1 is 1.10 bits per heavy atom. The number of rotatable bonds is 4. The van der Waals surface area contributed by atoms with E-state index in [1.165, 1.54) is 16.3 Å². The number of aryl methyl sites for hydroxylation is 1. The SMILES string of the molecule is CCc1nnc(NC(C)c2cccc3ccccc23)s1. The van der Waals surface area contributed by atoms with Crippen LogP contribution in [0.3, 0.4) is 0 Å². The average molecular weight is 283 g/mol. The highest BCUT2D eigenvalue weighted by molar-refractivity contribution is 7.15. The number of anilines is 1. The molecule has 0 radical (unpaired) electrons. The fourth-order valence-corrected chi connectivity index (χ4v) is 3.11. The average Bonchev–Trinajstić information content (AvgIpc) is 2.94. The summed E-state index contributed by atoms with van der Waals surface area (Å²) >= 11 is 1.63. The van der Waals surface area contributed by atoms with E-state index < -0.39 is 0 Å². The van der Waals surface area contributed by atoms with Crippen molar-refractivity contribution >= 4 is 27.2 Å². The van der Waals surface area contributed by atoms with Gasteiger partial charge in [0.15, 0.2) is 0 Å². The minimum Gasteiger partial charge on any atom is -0.354 e. The second-order valence-corrected chi connectivity index (χ2v) is 5.85. The van der Waals surface area contributed by atoms with Crippen LogP contribution >= 0.6 is 11.3 Å². The van der Waals surface area contributed by atoms with Crippen molar-refractivity contribution < 1.29 is 0 Å². The summed E-state index contributed by atoms with van der Waals surface area (Å²) in [5.74, 6) is 0. The first-order valence-electron chi connectivity index (χ1n) is 6.84. The van der Waals surface area contributed by atoms with Crippen LogP contribution in [0.5, 0.6) is 0 Å². The first-order chi connectivity index (χ1) is 9.78. The van der Waals surface area contributed by atoms with E-state index in [2.05, 4.69) is 71.8 Å². The molecule has 102 valence electrons. The molecule has 0 spiro atoms. The third-order valence-electron chi connectivity index (χ3n) is 3.40. The van der Waals surface area contributed by atoms with Crippen LogP contribution in [0.1, 0.15) is 30.5 Å². The van der Waals surface area contributed by atoms with Crippen LogP contribution in [-0.4, -0.2) is 10.2 Å². The van der Waals surface area contributed by atoms with Crippen LogP contribution in [0.2, 0.25) is 0 Å². The highest BCUT2D eigenvalue weighted by Crippen LogP contribution is 2.27. The van der Waals surface area contributed by atoms with E-state index in [9.17, 15) is 0 Å². The lowest BCUT2D eigenvalue weighted by Crippen LogP contribution is -2.06. The fourth-order valence-electron chi connectivity index (χ4n) is 2.35. The molecule has 0 aliphatic rings. The van der Waals surface area contributed by atoms with Gasteiger partial charge in [-0.3, -0.25) is 0 Å². The molecule has 20 heavy (non-hydrogen) atoms. The molecule has 0 saturated carbocycles. The molecule has 3 nitrogen and oxygen atoms in total. The molecule has 1 aromatic heterocycles. The van der Waals surface area contributed by atoms with Crippen molar-refractivity contribution in [2.45, 2.75) is 26.3 Å². The maximum absolute atomic E-state index is 4.19. The van der Waals surface area contributed by atoms with Gasteiger partial charge < -0.3 is 5.32 Å².